The first-order valence-electron chi connectivity index (χ1n) is 11.1. The first kappa shape index (κ1) is 28.1. The van der Waals surface area contributed by atoms with Crippen LogP contribution in [0.1, 0.15) is 46.6 Å². The standard InChI is InChI=1S/C17H18N2O.C4H9NO2.2C2H6/c20-17-11-12-18(13-15-7-3-1-4-8-15)14-19(17)16-9-5-2-6-10-16;1-3-7-4(6)5-2;2*1-2/h1-10H,11-14H2;3H2,1-2H3,(H,5,6);2*1-2H3. The zero-order valence-electron chi connectivity index (χ0n) is 19.9. The Hall–Kier alpha value is -2.86. The Kier molecular flexibility index (Phi) is 16.3. The molecule has 0 atom stereocenters. The van der Waals surface area contributed by atoms with Crippen LogP contribution < -0.4 is 10.2 Å². The number of hydrogen-bond donors (Lipinski definition) is 1. The smallest absolute Gasteiger partial charge is 0.406 e. The highest BCUT2D eigenvalue weighted by molar-refractivity contribution is 5.94. The molecule has 3 rings (SSSR count). The topological polar surface area (TPSA) is 61.9 Å². The minimum Gasteiger partial charge on any atom is -0.450 e. The number of nitrogens with zero attached hydrogens (tertiary/aromatic N) is 2. The first-order chi connectivity index (χ1) is 15.1. The van der Waals surface area contributed by atoms with E-state index in [0.29, 0.717) is 19.7 Å². The number of para-hydroxylation sites is 1. The Labute approximate surface area is 188 Å². The predicted molar refractivity (Wildman–Crippen MR) is 129 cm³/mol. The summed E-state index contributed by atoms with van der Waals surface area (Å²) < 4.78 is 4.44. The van der Waals surface area contributed by atoms with Crippen LogP contribution in [0, 0.1) is 0 Å². The van der Waals surface area contributed by atoms with Gasteiger partial charge in [-0.15, -0.1) is 0 Å². The molecule has 172 valence electrons. The highest BCUT2D eigenvalue weighted by Crippen LogP contribution is 2.19. The second-order valence-electron chi connectivity index (χ2n) is 6.06. The van der Waals surface area contributed by atoms with Crippen LogP contribution in [0.25, 0.3) is 0 Å². The second-order valence-corrected chi connectivity index (χ2v) is 6.06. The minimum atomic E-state index is -0.373. The average molecular weight is 430 g/mol. The molecular weight excluding hydrogens is 390 g/mol. The summed E-state index contributed by atoms with van der Waals surface area (Å²) in [5.74, 6) is 0.209. The average Bonchev–Trinajstić information content (AvgIpc) is 2.84. The van der Waals surface area contributed by atoms with Gasteiger partial charge in [0.25, 0.3) is 0 Å². The third-order valence-corrected chi connectivity index (χ3v) is 4.08. The fraction of sp³-hybridized carbons (Fsp3) is 0.440. The fourth-order valence-corrected chi connectivity index (χ4v) is 2.75. The van der Waals surface area contributed by atoms with E-state index in [-0.39, 0.29) is 12.0 Å². The van der Waals surface area contributed by atoms with Crippen molar-refractivity contribution < 1.29 is 14.3 Å². The van der Waals surface area contributed by atoms with E-state index in [9.17, 15) is 9.59 Å². The van der Waals surface area contributed by atoms with Crippen LogP contribution in [0.3, 0.4) is 0 Å². The van der Waals surface area contributed by atoms with E-state index in [1.54, 1.807) is 6.92 Å². The van der Waals surface area contributed by atoms with Crippen molar-refractivity contribution >= 4 is 17.7 Å². The third kappa shape index (κ3) is 11.2. The molecule has 2 amide bonds. The normalized spacial score (nSPS) is 12.7. The van der Waals surface area contributed by atoms with Crippen molar-refractivity contribution in [2.45, 2.75) is 47.6 Å². The van der Waals surface area contributed by atoms with E-state index >= 15 is 0 Å². The van der Waals surface area contributed by atoms with Gasteiger partial charge in [-0.3, -0.25) is 14.6 Å². The zero-order chi connectivity index (χ0) is 23.5. The Morgan fingerprint density at radius 2 is 1.52 bits per heavy atom. The molecule has 2 aromatic carbocycles. The lowest BCUT2D eigenvalue weighted by atomic mass is 10.2. The van der Waals surface area contributed by atoms with Gasteiger partial charge >= 0.3 is 6.09 Å². The van der Waals surface area contributed by atoms with Gasteiger partial charge < -0.3 is 10.1 Å². The predicted octanol–water partition coefficient (Wildman–Crippen LogP) is 5.30. The van der Waals surface area contributed by atoms with Gasteiger partial charge in [-0.25, -0.2) is 4.79 Å². The zero-order valence-corrected chi connectivity index (χ0v) is 19.9. The number of anilines is 1. The Morgan fingerprint density at radius 3 is 2.00 bits per heavy atom. The number of hydrogen-bond acceptors (Lipinski definition) is 4. The number of alkyl carbamates (subject to hydrolysis) is 1. The van der Waals surface area contributed by atoms with E-state index in [4.69, 9.17) is 0 Å². The summed E-state index contributed by atoms with van der Waals surface area (Å²) in [4.78, 5) is 26.3. The quantitative estimate of drug-likeness (QED) is 0.717. The molecule has 1 aliphatic heterocycles. The Bertz CT molecular complexity index is 708. The van der Waals surface area contributed by atoms with Gasteiger partial charge in [0.2, 0.25) is 5.91 Å². The molecule has 0 spiro atoms. The molecule has 2 aromatic rings. The maximum Gasteiger partial charge on any atom is 0.406 e. The third-order valence-electron chi connectivity index (χ3n) is 4.08. The van der Waals surface area contributed by atoms with Gasteiger partial charge in [-0.05, 0) is 24.6 Å². The molecule has 6 nitrogen and oxygen atoms in total. The van der Waals surface area contributed by atoms with Gasteiger partial charge in [-0.1, -0.05) is 76.2 Å². The first-order valence-corrected chi connectivity index (χ1v) is 11.1. The molecule has 1 fully saturated rings. The van der Waals surface area contributed by atoms with Gasteiger partial charge in [0, 0.05) is 32.2 Å². The molecular formula is C25H39N3O3. The van der Waals surface area contributed by atoms with Crippen LogP contribution in [0.15, 0.2) is 60.7 Å². The molecule has 1 N–H and O–H groups in total. The van der Waals surface area contributed by atoms with Gasteiger partial charge in [-0.2, -0.15) is 0 Å². The molecule has 0 bridgehead atoms. The number of amides is 2. The lowest BCUT2D eigenvalue weighted by Gasteiger charge is -2.35. The van der Waals surface area contributed by atoms with Crippen molar-refractivity contribution in [2.75, 3.05) is 31.8 Å². The summed E-state index contributed by atoms with van der Waals surface area (Å²) in [5.41, 5.74) is 2.27. The lowest BCUT2D eigenvalue weighted by molar-refractivity contribution is -0.121. The number of benzene rings is 2. The van der Waals surface area contributed by atoms with Crippen molar-refractivity contribution in [3.63, 3.8) is 0 Å². The van der Waals surface area contributed by atoms with Crippen LogP contribution in [0.5, 0.6) is 0 Å². The highest BCUT2D eigenvalue weighted by Gasteiger charge is 2.24. The molecule has 31 heavy (non-hydrogen) atoms. The number of rotatable bonds is 4. The van der Waals surface area contributed by atoms with Gasteiger partial charge in [0.1, 0.15) is 0 Å². The summed E-state index contributed by atoms with van der Waals surface area (Å²) in [6.45, 7) is 12.6. The molecule has 0 aromatic heterocycles. The largest absolute Gasteiger partial charge is 0.450 e. The Morgan fingerprint density at radius 1 is 0.968 bits per heavy atom. The SMILES string of the molecule is CC.CC.CCOC(=O)NC.O=C1CCN(Cc2ccccc2)CN1c1ccccc1. The molecule has 1 saturated heterocycles. The molecule has 0 saturated carbocycles. The summed E-state index contributed by atoms with van der Waals surface area (Å²) >= 11 is 0. The van der Waals surface area contributed by atoms with Crippen molar-refractivity contribution in [3.8, 4) is 0 Å². The lowest BCUT2D eigenvalue weighted by Crippen LogP contribution is -2.47. The van der Waals surface area contributed by atoms with Crippen molar-refractivity contribution in [3.05, 3.63) is 66.2 Å². The van der Waals surface area contributed by atoms with Gasteiger partial charge in [0.15, 0.2) is 0 Å². The van der Waals surface area contributed by atoms with Crippen LogP contribution in [0.2, 0.25) is 0 Å². The number of ether oxygens (including phenoxy) is 1. The van der Waals surface area contributed by atoms with Crippen molar-refractivity contribution in [2.24, 2.45) is 0 Å². The maximum absolute atomic E-state index is 12.1. The Balaban J connectivity index is 0.000000696. The summed E-state index contributed by atoms with van der Waals surface area (Å²) in [6.07, 6.45) is 0.212. The number of carbonyl (C=O) groups is 2. The summed E-state index contributed by atoms with van der Waals surface area (Å²) in [7, 11) is 1.53. The second kappa shape index (κ2) is 18.0. The van der Waals surface area contributed by atoms with E-state index in [1.165, 1.54) is 12.6 Å². The summed E-state index contributed by atoms with van der Waals surface area (Å²) in [6, 6.07) is 20.3. The van der Waals surface area contributed by atoms with E-state index in [0.717, 1.165) is 18.8 Å². The van der Waals surface area contributed by atoms with Crippen molar-refractivity contribution in [1.82, 2.24) is 10.2 Å². The van der Waals surface area contributed by atoms with Crippen LogP contribution in [-0.4, -0.2) is 43.8 Å². The summed E-state index contributed by atoms with van der Waals surface area (Å²) in [5, 5.41) is 2.30. The molecule has 1 heterocycles. The van der Waals surface area contributed by atoms with Crippen LogP contribution >= 0.6 is 0 Å². The van der Waals surface area contributed by atoms with Crippen LogP contribution in [0.4, 0.5) is 10.5 Å². The molecule has 0 aliphatic carbocycles. The highest BCUT2D eigenvalue weighted by atomic mass is 16.5. The minimum absolute atomic E-state index is 0.209. The molecule has 6 heteroatoms. The monoisotopic (exact) mass is 429 g/mol. The van der Waals surface area contributed by atoms with E-state index in [2.05, 4.69) is 39.2 Å². The fourth-order valence-electron chi connectivity index (χ4n) is 2.75. The van der Waals surface area contributed by atoms with E-state index < -0.39 is 0 Å². The van der Waals surface area contributed by atoms with Gasteiger partial charge in [0.05, 0.1) is 13.3 Å². The van der Waals surface area contributed by atoms with E-state index in [1.807, 2.05) is 69.0 Å². The number of carbonyl (C=O) groups excluding carboxylic acids is 2. The number of nitrogens with one attached hydrogen (secondary N) is 1. The van der Waals surface area contributed by atoms with Crippen molar-refractivity contribution in [1.29, 1.82) is 0 Å². The van der Waals surface area contributed by atoms with Crippen LogP contribution in [-0.2, 0) is 16.1 Å². The molecule has 1 aliphatic rings. The maximum atomic E-state index is 12.1. The molecule has 0 radical (unpaired) electrons. The molecule has 0 unspecified atom stereocenters.